The summed E-state index contributed by atoms with van der Waals surface area (Å²) < 4.78 is 3.82. The molecule has 0 aromatic carbocycles. The van der Waals surface area contributed by atoms with Crippen molar-refractivity contribution in [2.75, 3.05) is 31.5 Å². The maximum Gasteiger partial charge on any atom is 0.407 e. The number of nitrogens with zero attached hydrogens (tertiary/aromatic N) is 8. The van der Waals surface area contributed by atoms with Crippen molar-refractivity contribution in [3.63, 3.8) is 0 Å². The van der Waals surface area contributed by atoms with Crippen LogP contribution in [0.3, 0.4) is 0 Å². The van der Waals surface area contributed by atoms with Gasteiger partial charge >= 0.3 is 6.09 Å². The molecule has 2 N–H and O–H groups in total. The molecule has 0 aliphatic carbocycles. The Morgan fingerprint density at radius 2 is 2.05 bits per heavy atom. The number of amides is 1. The maximum atomic E-state index is 11.3. The van der Waals surface area contributed by atoms with E-state index in [2.05, 4.69) is 44.0 Å². The van der Waals surface area contributed by atoms with Crippen LogP contribution in [0.4, 0.5) is 10.5 Å². The highest BCUT2D eigenvalue weighted by Gasteiger charge is 2.38. The maximum absolute atomic E-state index is 11.3. The molecule has 11 nitrogen and oxygen atoms in total. The number of hydrogen-bond acceptors (Lipinski definition) is 7. The van der Waals surface area contributed by atoms with Crippen molar-refractivity contribution in [3.8, 4) is 17.2 Å². The highest BCUT2D eigenvalue weighted by atomic mass is 16.4. The van der Waals surface area contributed by atoms with Crippen LogP contribution in [0.5, 0.6) is 0 Å². The molecule has 4 aromatic rings. The molecular formula is C27H29N9O2. The highest BCUT2D eigenvalue weighted by molar-refractivity contribution is 5.83. The average Bonchev–Trinajstić information content (AvgIpc) is 3.63. The molecule has 6 heterocycles. The number of nitriles is 1. The lowest BCUT2D eigenvalue weighted by atomic mass is 10.0. The first-order valence-corrected chi connectivity index (χ1v) is 12.8. The third kappa shape index (κ3) is 4.13. The van der Waals surface area contributed by atoms with Gasteiger partial charge in [0.2, 0.25) is 0 Å². The van der Waals surface area contributed by atoms with Gasteiger partial charge in [-0.1, -0.05) is 6.07 Å². The third-order valence-corrected chi connectivity index (χ3v) is 7.78. The Morgan fingerprint density at radius 1 is 1.21 bits per heavy atom. The number of rotatable bonds is 6. The summed E-state index contributed by atoms with van der Waals surface area (Å²) in [5.41, 5.74) is 5.96. The number of anilines is 1. The van der Waals surface area contributed by atoms with E-state index in [9.17, 15) is 15.2 Å². The number of carbonyl (C=O) groups is 1. The second-order valence-electron chi connectivity index (χ2n) is 10.1. The zero-order chi connectivity index (χ0) is 26.4. The van der Waals surface area contributed by atoms with Crippen LogP contribution in [-0.4, -0.2) is 77.6 Å². The molecule has 2 atom stereocenters. The van der Waals surface area contributed by atoms with E-state index in [4.69, 9.17) is 5.10 Å². The van der Waals surface area contributed by atoms with Gasteiger partial charge in [-0.3, -0.25) is 14.6 Å². The quantitative estimate of drug-likeness (QED) is 0.402. The van der Waals surface area contributed by atoms with Gasteiger partial charge in [-0.05, 0) is 38.5 Å². The Hall–Kier alpha value is -4.43. The van der Waals surface area contributed by atoms with Gasteiger partial charge in [-0.15, -0.1) is 0 Å². The van der Waals surface area contributed by atoms with Crippen LogP contribution in [-0.2, 0) is 0 Å². The number of aromatic nitrogens is 5. The average molecular weight is 512 g/mol. The fourth-order valence-corrected chi connectivity index (χ4v) is 5.63. The fraction of sp³-hybridized carbons (Fsp3) is 0.370. The summed E-state index contributed by atoms with van der Waals surface area (Å²) in [6.07, 6.45) is 7.23. The summed E-state index contributed by atoms with van der Waals surface area (Å²) in [4.78, 5) is 19.6. The second-order valence-corrected chi connectivity index (χ2v) is 10.1. The monoisotopic (exact) mass is 511 g/mol. The number of likely N-dealkylation sites (tertiary alicyclic amines) is 2. The van der Waals surface area contributed by atoms with Gasteiger partial charge in [0, 0.05) is 61.4 Å². The first-order chi connectivity index (χ1) is 18.4. The van der Waals surface area contributed by atoms with E-state index < -0.39 is 6.09 Å². The Labute approximate surface area is 219 Å². The predicted octanol–water partition coefficient (Wildman–Crippen LogP) is 3.56. The molecule has 194 valence electrons. The minimum atomic E-state index is -0.837. The van der Waals surface area contributed by atoms with Crippen LogP contribution in [0.2, 0.25) is 0 Å². The zero-order valence-corrected chi connectivity index (χ0v) is 21.3. The Morgan fingerprint density at radius 3 is 2.76 bits per heavy atom. The second kappa shape index (κ2) is 9.46. The number of pyridine rings is 2. The standard InChI is InChI=1S/C27H29N9O2/c1-17(24-5-3-4-7-29-24)32-25-9-19(13-35-26(25)20(10-28)11-30-35)23-12-31-36(18(23)2)22-15-34(16-22)21-6-8-33(14-21)27(37)38/h3-5,7,9,11-13,17,21-22,32H,6,8,14-16H2,1-2H3,(H,37,38)/t17?,21-/m1/s1. The molecule has 0 radical (unpaired) electrons. The molecule has 2 fully saturated rings. The molecule has 2 aliphatic rings. The summed E-state index contributed by atoms with van der Waals surface area (Å²) in [5.74, 6) is 0. The lowest BCUT2D eigenvalue weighted by molar-refractivity contribution is 0.0546. The molecule has 1 unspecified atom stereocenters. The van der Waals surface area contributed by atoms with Crippen molar-refractivity contribution in [2.24, 2.45) is 0 Å². The summed E-state index contributed by atoms with van der Waals surface area (Å²) in [6, 6.07) is 10.6. The third-order valence-electron chi connectivity index (χ3n) is 7.78. The van der Waals surface area contributed by atoms with E-state index in [1.165, 1.54) is 4.90 Å². The molecule has 38 heavy (non-hydrogen) atoms. The van der Waals surface area contributed by atoms with Crippen molar-refractivity contribution in [3.05, 3.63) is 66.0 Å². The van der Waals surface area contributed by atoms with E-state index in [-0.39, 0.29) is 18.1 Å². The lowest BCUT2D eigenvalue weighted by Gasteiger charge is -2.43. The predicted molar refractivity (Wildman–Crippen MR) is 141 cm³/mol. The Bertz CT molecular complexity index is 1530. The molecule has 0 spiro atoms. The van der Waals surface area contributed by atoms with Gasteiger partial charge in [0.25, 0.3) is 0 Å². The molecular weight excluding hydrogens is 482 g/mol. The first kappa shape index (κ1) is 23.9. The molecule has 2 saturated heterocycles. The van der Waals surface area contributed by atoms with Crippen LogP contribution in [0.15, 0.2) is 49.1 Å². The number of hydrogen-bond donors (Lipinski definition) is 2. The molecule has 6 rings (SSSR count). The molecule has 1 amide bonds. The van der Waals surface area contributed by atoms with Gasteiger partial charge in [0.05, 0.1) is 41.4 Å². The Kier molecular flexibility index (Phi) is 5.96. The highest BCUT2D eigenvalue weighted by Crippen LogP contribution is 2.34. The summed E-state index contributed by atoms with van der Waals surface area (Å²) in [7, 11) is 0. The smallest absolute Gasteiger partial charge is 0.407 e. The zero-order valence-electron chi connectivity index (χ0n) is 21.3. The lowest BCUT2D eigenvalue weighted by Crippen LogP contribution is -2.54. The van der Waals surface area contributed by atoms with Gasteiger partial charge in [0.15, 0.2) is 0 Å². The molecule has 11 heteroatoms. The van der Waals surface area contributed by atoms with Gasteiger partial charge in [0.1, 0.15) is 11.6 Å². The van der Waals surface area contributed by atoms with Crippen LogP contribution in [0, 0.1) is 18.3 Å². The van der Waals surface area contributed by atoms with Crippen molar-refractivity contribution in [1.82, 2.24) is 34.2 Å². The van der Waals surface area contributed by atoms with Crippen LogP contribution in [0.25, 0.3) is 16.6 Å². The molecule has 0 saturated carbocycles. The molecule has 4 aromatic heterocycles. The minimum absolute atomic E-state index is 0.0749. The van der Waals surface area contributed by atoms with Crippen molar-refractivity contribution < 1.29 is 9.90 Å². The van der Waals surface area contributed by atoms with Crippen molar-refractivity contribution in [1.29, 1.82) is 5.26 Å². The van der Waals surface area contributed by atoms with Gasteiger partial charge in [-0.2, -0.15) is 15.5 Å². The number of carboxylic acid groups (broad SMARTS) is 1. The topological polar surface area (TPSA) is 128 Å². The van der Waals surface area contributed by atoms with E-state index >= 15 is 0 Å². The van der Waals surface area contributed by atoms with Crippen molar-refractivity contribution in [2.45, 2.75) is 38.4 Å². The molecule has 2 aliphatic heterocycles. The van der Waals surface area contributed by atoms with Crippen LogP contribution < -0.4 is 5.32 Å². The fourth-order valence-electron chi connectivity index (χ4n) is 5.63. The summed E-state index contributed by atoms with van der Waals surface area (Å²) in [5, 5.41) is 31.6. The van der Waals surface area contributed by atoms with Crippen LogP contribution >= 0.6 is 0 Å². The summed E-state index contributed by atoms with van der Waals surface area (Å²) >= 11 is 0. The number of nitrogens with one attached hydrogen (secondary N) is 1. The molecule has 0 bridgehead atoms. The van der Waals surface area contributed by atoms with E-state index in [1.807, 2.05) is 37.5 Å². The first-order valence-electron chi connectivity index (χ1n) is 12.8. The summed E-state index contributed by atoms with van der Waals surface area (Å²) in [6.45, 7) is 7.01. The van der Waals surface area contributed by atoms with Crippen LogP contribution in [0.1, 0.15) is 42.4 Å². The van der Waals surface area contributed by atoms with Gasteiger partial charge in [-0.25, -0.2) is 9.31 Å². The van der Waals surface area contributed by atoms with E-state index in [1.54, 1.807) is 16.9 Å². The SMILES string of the molecule is Cc1c(-c2cc(NC(C)c3ccccn3)c3c(C#N)cnn3c2)cnn1C1CN([C@@H]2CCN(C(=O)O)C2)C1. The van der Waals surface area contributed by atoms with Gasteiger partial charge < -0.3 is 15.3 Å². The largest absolute Gasteiger partial charge is 0.465 e. The minimum Gasteiger partial charge on any atom is -0.465 e. The number of fused-ring (bicyclic) bond motifs is 1. The van der Waals surface area contributed by atoms with Crippen molar-refractivity contribution >= 4 is 17.3 Å². The van der Waals surface area contributed by atoms with E-state index in [0.717, 1.165) is 53.2 Å². The normalized spacial score (nSPS) is 18.9. The Balaban J connectivity index is 1.26. The van der Waals surface area contributed by atoms with E-state index in [0.29, 0.717) is 18.7 Å².